The molecule has 0 radical (unpaired) electrons. The number of benzene rings is 2. The van der Waals surface area contributed by atoms with Gasteiger partial charge in [0.2, 0.25) is 5.91 Å². The van der Waals surface area contributed by atoms with Crippen molar-refractivity contribution in [1.82, 2.24) is 20.3 Å². The number of rotatable bonds is 8. The molecule has 3 rings (SSSR count). The Kier molecular flexibility index (Phi) is 6.57. The Morgan fingerprint density at radius 2 is 1.71 bits per heavy atom. The van der Waals surface area contributed by atoms with Gasteiger partial charge in [0.15, 0.2) is 0 Å². The van der Waals surface area contributed by atoms with Crippen molar-refractivity contribution in [2.75, 3.05) is 19.6 Å². The first-order chi connectivity index (χ1) is 13.5. The van der Waals surface area contributed by atoms with E-state index < -0.39 is 11.0 Å². The lowest BCUT2D eigenvalue weighted by Crippen LogP contribution is -2.39. The van der Waals surface area contributed by atoms with Crippen LogP contribution in [0.2, 0.25) is 0 Å². The number of aromatic nitrogens is 1. The highest BCUT2D eigenvalue weighted by Crippen LogP contribution is 2.14. The van der Waals surface area contributed by atoms with Crippen LogP contribution in [0.5, 0.6) is 0 Å². The van der Waals surface area contributed by atoms with E-state index in [-0.39, 0.29) is 24.9 Å². The van der Waals surface area contributed by atoms with Gasteiger partial charge in [0, 0.05) is 24.0 Å². The first-order valence-corrected chi connectivity index (χ1v) is 10.0. The molecule has 1 atom stereocenters. The van der Waals surface area contributed by atoms with Crippen LogP contribution >= 0.6 is 0 Å². The van der Waals surface area contributed by atoms with Crippen molar-refractivity contribution in [1.29, 1.82) is 0 Å². The molecular weight excluding hydrogens is 376 g/mol. The number of aryl methyl sites for hydroxylation is 1. The fourth-order valence-corrected chi connectivity index (χ4v) is 3.42. The fraction of sp³-hybridized carbons (Fsp3) is 0.200. The largest absolute Gasteiger partial charge is 0.353 e. The van der Waals surface area contributed by atoms with E-state index in [0.29, 0.717) is 17.1 Å². The minimum atomic E-state index is -1.44. The third-order valence-electron chi connectivity index (χ3n) is 4.11. The lowest BCUT2D eigenvalue weighted by Gasteiger charge is -2.08. The first-order valence-electron chi connectivity index (χ1n) is 8.87. The molecule has 0 saturated carbocycles. The quantitative estimate of drug-likeness (QED) is 0.434. The van der Waals surface area contributed by atoms with Gasteiger partial charge in [-0.15, -0.1) is 0 Å². The van der Waals surface area contributed by atoms with Gasteiger partial charge in [-0.05, 0) is 31.2 Å². The molecule has 4 N–H and O–H groups in total. The van der Waals surface area contributed by atoms with E-state index in [4.69, 9.17) is 0 Å². The minimum absolute atomic E-state index is 0.0730. The summed E-state index contributed by atoms with van der Waals surface area (Å²) >= 11 is 0. The monoisotopic (exact) mass is 398 g/mol. The van der Waals surface area contributed by atoms with Crippen molar-refractivity contribution in [2.24, 2.45) is 0 Å². The van der Waals surface area contributed by atoms with Crippen molar-refractivity contribution in [3.8, 4) is 0 Å². The van der Waals surface area contributed by atoms with E-state index in [0.717, 1.165) is 16.5 Å². The third kappa shape index (κ3) is 5.28. The number of fused-ring (bicyclic) bond motifs is 1. The number of carbonyl (C=O) groups excluding carboxylic acids is 2. The van der Waals surface area contributed by atoms with Crippen molar-refractivity contribution >= 4 is 33.7 Å². The molecule has 146 valence electrons. The topological polar surface area (TPSA) is 103 Å². The highest BCUT2D eigenvalue weighted by Gasteiger charge is 2.09. The summed E-state index contributed by atoms with van der Waals surface area (Å²) in [6.45, 7) is 2.45. The average molecular weight is 398 g/mol. The molecule has 0 bridgehead atoms. The summed E-state index contributed by atoms with van der Waals surface area (Å²) < 4.78 is 14.7. The molecule has 0 aliphatic rings. The van der Waals surface area contributed by atoms with Crippen LogP contribution in [0.15, 0.2) is 59.5 Å². The summed E-state index contributed by atoms with van der Waals surface area (Å²) in [5.41, 5.74) is 2.45. The van der Waals surface area contributed by atoms with Crippen LogP contribution in [-0.2, 0) is 15.8 Å². The minimum Gasteiger partial charge on any atom is -0.353 e. The Labute approximate surface area is 165 Å². The number of nitrogens with one attached hydrogen (secondary N) is 4. The molecule has 1 aromatic heterocycles. The van der Waals surface area contributed by atoms with Crippen LogP contribution in [-0.4, -0.2) is 40.6 Å². The maximum atomic E-state index is 12.1. The zero-order chi connectivity index (χ0) is 19.9. The Hall–Kier alpha value is -2.97. The molecule has 1 heterocycles. The normalized spacial score (nSPS) is 11.9. The number of hydrogen-bond acceptors (Lipinski definition) is 3. The van der Waals surface area contributed by atoms with Gasteiger partial charge in [-0.3, -0.25) is 9.59 Å². The van der Waals surface area contributed by atoms with Crippen molar-refractivity contribution in [2.45, 2.75) is 11.8 Å². The Morgan fingerprint density at radius 3 is 2.46 bits per heavy atom. The highest BCUT2D eigenvalue weighted by atomic mass is 32.2. The maximum absolute atomic E-state index is 12.1. The van der Waals surface area contributed by atoms with Gasteiger partial charge in [-0.2, -0.15) is 0 Å². The second-order valence-corrected chi connectivity index (χ2v) is 7.58. The lowest BCUT2D eigenvalue weighted by molar-refractivity contribution is -0.119. The SMILES string of the molecule is Cc1ccc(S(=O)NCC(=O)NCCNC(=O)c2cc3ccccc3[nH]2)cc1. The van der Waals surface area contributed by atoms with Gasteiger partial charge in [-0.25, -0.2) is 8.93 Å². The smallest absolute Gasteiger partial charge is 0.267 e. The molecule has 2 aromatic carbocycles. The van der Waals surface area contributed by atoms with E-state index in [1.807, 2.05) is 43.3 Å². The van der Waals surface area contributed by atoms with Crippen LogP contribution in [0.4, 0.5) is 0 Å². The molecule has 2 amide bonds. The first kappa shape index (κ1) is 19.8. The predicted molar refractivity (Wildman–Crippen MR) is 109 cm³/mol. The average Bonchev–Trinajstić information content (AvgIpc) is 3.14. The van der Waals surface area contributed by atoms with E-state index >= 15 is 0 Å². The Morgan fingerprint density at radius 1 is 1.00 bits per heavy atom. The van der Waals surface area contributed by atoms with Gasteiger partial charge in [0.1, 0.15) is 16.7 Å². The van der Waals surface area contributed by atoms with Crippen molar-refractivity contribution < 1.29 is 13.8 Å². The number of H-pyrrole nitrogens is 1. The summed E-state index contributed by atoms with van der Waals surface area (Å²) in [5, 5.41) is 6.38. The molecular formula is C20H22N4O3S. The Balaban J connectivity index is 1.36. The van der Waals surface area contributed by atoms with E-state index in [9.17, 15) is 13.8 Å². The third-order valence-corrected chi connectivity index (χ3v) is 5.21. The van der Waals surface area contributed by atoms with Crippen LogP contribution in [0.25, 0.3) is 10.9 Å². The fourth-order valence-electron chi connectivity index (χ4n) is 2.61. The van der Waals surface area contributed by atoms with Crippen LogP contribution in [0.3, 0.4) is 0 Å². The summed E-state index contributed by atoms with van der Waals surface area (Å²) in [5.74, 6) is -0.524. The summed E-state index contributed by atoms with van der Waals surface area (Å²) in [6, 6.07) is 16.7. The number of hydrogen-bond donors (Lipinski definition) is 4. The summed E-state index contributed by atoms with van der Waals surface area (Å²) in [4.78, 5) is 27.7. The van der Waals surface area contributed by atoms with Gasteiger partial charge in [0.25, 0.3) is 5.91 Å². The number of amides is 2. The molecule has 8 heteroatoms. The van der Waals surface area contributed by atoms with E-state index in [1.54, 1.807) is 18.2 Å². The molecule has 0 fully saturated rings. The standard InChI is InChI=1S/C20H22N4O3S/c1-14-6-8-16(9-7-14)28(27)23-13-19(25)21-10-11-22-20(26)18-12-15-4-2-3-5-17(15)24-18/h2-9,12,23-24H,10-11,13H2,1H3,(H,21,25)(H,22,26). The number of para-hydroxylation sites is 1. The predicted octanol–water partition coefficient (Wildman–Crippen LogP) is 1.63. The molecule has 3 aromatic rings. The second kappa shape index (κ2) is 9.29. The molecule has 0 spiro atoms. The van der Waals surface area contributed by atoms with Gasteiger partial charge >= 0.3 is 0 Å². The van der Waals surface area contributed by atoms with Crippen LogP contribution in [0, 0.1) is 6.92 Å². The highest BCUT2D eigenvalue weighted by molar-refractivity contribution is 7.83. The van der Waals surface area contributed by atoms with Gasteiger partial charge in [-0.1, -0.05) is 35.9 Å². The lowest BCUT2D eigenvalue weighted by atomic mass is 10.2. The molecule has 0 saturated heterocycles. The van der Waals surface area contributed by atoms with Crippen LogP contribution in [0.1, 0.15) is 16.1 Å². The Bertz CT molecular complexity index is 965. The zero-order valence-electron chi connectivity index (χ0n) is 15.5. The molecule has 7 nitrogen and oxygen atoms in total. The van der Waals surface area contributed by atoms with Crippen molar-refractivity contribution in [3.63, 3.8) is 0 Å². The molecule has 28 heavy (non-hydrogen) atoms. The maximum Gasteiger partial charge on any atom is 0.267 e. The zero-order valence-corrected chi connectivity index (χ0v) is 16.3. The van der Waals surface area contributed by atoms with Crippen molar-refractivity contribution in [3.05, 3.63) is 65.9 Å². The van der Waals surface area contributed by atoms with E-state index in [2.05, 4.69) is 20.3 Å². The van der Waals surface area contributed by atoms with Crippen LogP contribution < -0.4 is 15.4 Å². The van der Waals surface area contributed by atoms with Gasteiger partial charge in [0.05, 0.1) is 11.4 Å². The summed E-state index contributed by atoms with van der Waals surface area (Å²) in [6.07, 6.45) is 0. The number of carbonyl (C=O) groups is 2. The summed E-state index contributed by atoms with van der Waals surface area (Å²) in [7, 11) is -1.44. The second-order valence-electron chi connectivity index (χ2n) is 6.28. The van der Waals surface area contributed by atoms with E-state index in [1.165, 1.54) is 0 Å². The molecule has 0 aliphatic heterocycles. The van der Waals surface area contributed by atoms with Gasteiger partial charge < -0.3 is 15.6 Å². The number of aromatic amines is 1. The molecule has 0 aliphatic carbocycles. The molecule has 1 unspecified atom stereocenters.